The SMILES string of the molecule is CCCCCc1nc2ccccc2n1C(C)c1ccccc1. The van der Waals surface area contributed by atoms with Crippen molar-refractivity contribution < 1.29 is 0 Å². The highest BCUT2D eigenvalue weighted by Gasteiger charge is 2.16. The van der Waals surface area contributed by atoms with Crippen LogP contribution in [0.3, 0.4) is 0 Å². The molecule has 0 saturated carbocycles. The molecule has 2 aromatic carbocycles. The molecule has 1 unspecified atom stereocenters. The first-order valence-electron chi connectivity index (χ1n) is 8.32. The van der Waals surface area contributed by atoms with Gasteiger partial charge in [-0.3, -0.25) is 0 Å². The van der Waals surface area contributed by atoms with Crippen molar-refractivity contribution in [3.8, 4) is 0 Å². The van der Waals surface area contributed by atoms with Crippen LogP contribution in [0.4, 0.5) is 0 Å². The minimum Gasteiger partial charge on any atom is -0.321 e. The van der Waals surface area contributed by atoms with Crippen molar-refractivity contribution in [2.45, 2.75) is 45.6 Å². The van der Waals surface area contributed by atoms with Gasteiger partial charge in [0.05, 0.1) is 17.1 Å². The maximum absolute atomic E-state index is 4.89. The molecule has 2 heteroatoms. The van der Waals surface area contributed by atoms with E-state index in [4.69, 9.17) is 4.98 Å². The molecule has 0 fully saturated rings. The van der Waals surface area contributed by atoms with E-state index in [0.29, 0.717) is 6.04 Å². The van der Waals surface area contributed by atoms with Gasteiger partial charge < -0.3 is 4.57 Å². The average molecular weight is 292 g/mol. The fourth-order valence-corrected chi connectivity index (χ4v) is 3.12. The molecule has 3 rings (SSSR count). The van der Waals surface area contributed by atoms with Gasteiger partial charge in [0, 0.05) is 6.42 Å². The van der Waals surface area contributed by atoms with Gasteiger partial charge in [-0.1, -0.05) is 62.2 Å². The summed E-state index contributed by atoms with van der Waals surface area (Å²) >= 11 is 0. The van der Waals surface area contributed by atoms with Gasteiger partial charge in [0.15, 0.2) is 0 Å². The molecule has 2 nitrogen and oxygen atoms in total. The van der Waals surface area contributed by atoms with Gasteiger partial charge >= 0.3 is 0 Å². The summed E-state index contributed by atoms with van der Waals surface area (Å²) in [5.41, 5.74) is 3.68. The third-order valence-electron chi connectivity index (χ3n) is 4.34. The normalized spacial score (nSPS) is 12.6. The van der Waals surface area contributed by atoms with E-state index in [1.54, 1.807) is 0 Å². The van der Waals surface area contributed by atoms with Crippen molar-refractivity contribution in [2.24, 2.45) is 0 Å². The number of benzene rings is 2. The van der Waals surface area contributed by atoms with E-state index in [-0.39, 0.29) is 0 Å². The maximum atomic E-state index is 4.89. The number of rotatable bonds is 6. The second kappa shape index (κ2) is 6.78. The minimum absolute atomic E-state index is 0.310. The molecular formula is C20H24N2. The molecule has 0 spiro atoms. The van der Waals surface area contributed by atoms with Crippen molar-refractivity contribution in [1.82, 2.24) is 9.55 Å². The van der Waals surface area contributed by atoms with Gasteiger partial charge in [-0.25, -0.2) is 4.98 Å². The predicted molar refractivity (Wildman–Crippen MR) is 93.2 cm³/mol. The van der Waals surface area contributed by atoms with Gasteiger partial charge in [0.25, 0.3) is 0 Å². The van der Waals surface area contributed by atoms with Crippen LogP contribution in [0.25, 0.3) is 11.0 Å². The zero-order valence-electron chi connectivity index (χ0n) is 13.5. The van der Waals surface area contributed by atoms with E-state index in [1.807, 2.05) is 0 Å². The monoisotopic (exact) mass is 292 g/mol. The number of aromatic nitrogens is 2. The van der Waals surface area contributed by atoms with Crippen molar-refractivity contribution in [3.63, 3.8) is 0 Å². The topological polar surface area (TPSA) is 17.8 Å². The Balaban J connectivity index is 2.03. The van der Waals surface area contributed by atoms with Crippen LogP contribution in [-0.2, 0) is 6.42 Å². The summed E-state index contributed by atoms with van der Waals surface area (Å²) in [4.78, 5) is 4.89. The molecule has 0 amide bonds. The zero-order chi connectivity index (χ0) is 15.4. The van der Waals surface area contributed by atoms with Crippen LogP contribution in [0.5, 0.6) is 0 Å². The molecule has 0 aliphatic rings. The smallest absolute Gasteiger partial charge is 0.110 e. The highest BCUT2D eigenvalue weighted by atomic mass is 15.1. The Morgan fingerprint density at radius 3 is 2.45 bits per heavy atom. The van der Waals surface area contributed by atoms with Crippen LogP contribution >= 0.6 is 0 Å². The predicted octanol–water partition coefficient (Wildman–Crippen LogP) is 5.38. The molecular weight excluding hydrogens is 268 g/mol. The van der Waals surface area contributed by atoms with Crippen LogP contribution in [-0.4, -0.2) is 9.55 Å². The molecule has 3 aromatic rings. The van der Waals surface area contributed by atoms with Gasteiger partial charge in [-0.05, 0) is 31.0 Å². The molecule has 114 valence electrons. The first kappa shape index (κ1) is 14.8. The van der Waals surface area contributed by atoms with E-state index < -0.39 is 0 Å². The summed E-state index contributed by atoms with van der Waals surface area (Å²) in [6.07, 6.45) is 4.78. The Kier molecular flexibility index (Phi) is 4.57. The fraction of sp³-hybridized carbons (Fsp3) is 0.350. The number of para-hydroxylation sites is 2. The first-order valence-corrected chi connectivity index (χ1v) is 8.32. The number of unbranched alkanes of at least 4 members (excludes halogenated alkanes) is 2. The lowest BCUT2D eigenvalue weighted by Crippen LogP contribution is -2.10. The Bertz CT molecular complexity index is 728. The number of hydrogen-bond acceptors (Lipinski definition) is 1. The standard InChI is InChI=1S/C20H24N2/c1-3-4-6-15-20-21-18-13-9-10-14-19(18)22(20)16(2)17-11-7-5-8-12-17/h5,7-14,16H,3-4,6,15H2,1-2H3. The highest BCUT2D eigenvalue weighted by molar-refractivity contribution is 5.76. The van der Waals surface area contributed by atoms with E-state index in [9.17, 15) is 0 Å². The van der Waals surface area contributed by atoms with E-state index in [2.05, 4.69) is 73.0 Å². The second-order valence-electron chi connectivity index (χ2n) is 5.93. The van der Waals surface area contributed by atoms with Crippen LogP contribution < -0.4 is 0 Å². The molecule has 0 saturated heterocycles. The maximum Gasteiger partial charge on any atom is 0.110 e. The molecule has 0 aliphatic carbocycles. The Morgan fingerprint density at radius 1 is 0.955 bits per heavy atom. The number of imidazole rings is 1. The van der Waals surface area contributed by atoms with Crippen molar-refractivity contribution in [2.75, 3.05) is 0 Å². The molecule has 1 aromatic heterocycles. The summed E-state index contributed by atoms with van der Waals surface area (Å²) in [7, 11) is 0. The van der Waals surface area contributed by atoms with E-state index in [1.165, 1.54) is 36.2 Å². The first-order chi connectivity index (χ1) is 10.8. The lowest BCUT2D eigenvalue weighted by Gasteiger charge is -2.18. The number of aryl methyl sites for hydroxylation is 1. The summed E-state index contributed by atoms with van der Waals surface area (Å²) in [5, 5.41) is 0. The zero-order valence-corrected chi connectivity index (χ0v) is 13.5. The molecule has 22 heavy (non-hydrogen) atoms. The van der Waals surface area contributed by atoms with Crippen LogP contribution in [0.15, 0.2) is 54.6 Å². The Morgan fingerprint density at radius 2 is 1.68 bits per heavy atom. The average Bonchev–Trinajstić information content (AvgIpc) is 2.93. The van der Waals surface area contributed by atoms with Crippen molar-refractivity contribution in [3.05, 3.63) is 66.0 Å². The Hall–Kier alpha value is -2.09. The van der Waals surface area contributed by atoms with Gasteiger partial charge in [0.1, 0.15) is 5.82 Å². The fourth-order valence-electron chi connectivity index (χ4n) is 3.12. The second-order valence-corrected chi connectivity index (χ2v) is 5.93. The van der Waals surface area contributed by atoms with Crippen LogP contribution in [0, 0.1) is 0 Å². The molecule has 0 N–H and O–H groups in total. The van der Waals surface area contributed by atoms with Crippen LogP contribution in [0.1, 0.15) is 50.5 Å². The quantitative estimate of drug-likeness (QED) is 0.558. The number of nitrogens with zero attached hydrogens (tertiary/aromatic N) is 2. The number of hydrogen-bond donors (Lipinski definition) is 0. The van der Waals surface area contributed by atoms with Gasteiger partial charge in [-0.2, -0.15) is 0 Å². The molecule has 0 aliphatic heterocycles. The number of fused-ring (bicyclic) bond motifs is 1. The lowest BCUT2D eigenvalue weighted by atomic mass is 10.1. The molecule has 0 radical (unpaired) electrons. The van der Waals surface area contributed by atoms with E-state index >= 15 is 0 Å². The molecule has 0 bridgehead atoms. The summed E-state index contributed by atoms with van der Waals surface area (Å²) < 4.78 is 2.42. The largest absolute Gasteiger partial charge is 0.321 e. The lowest BCUT2D eigenvalue weighted by molar-refractivity contribution is 0.595. The minimum atomic E-state index is 0.310. The summed E-state index contributed by atoms with van der Waals surface area (Å²) in [6.45, 7) is 4.52. The van der Waals surface area contributed by atoms with Gasteiger partial charge in [0.2, 0.25) is 0 Å². The highest BCUT2D eigenvalue weighted by Crippen LogP contribution is 2.26. The molecule has 1 atom stereocenters. The molecule has 1 heterocycles. The van der Waals surface area contributed by atoms with Gasteiger partial charge in [-0.15, -0.1) is 0 Å². The summed E-state index contributed by atoms with van der Waals surface area (Å²) in [5.74, 6) is 1.21. The third-order valence-corrected chi connectivity index (χ3v) is 4.34. The van der Waals surface area contributed by atoms with Crippen LogP contribution in [0.2, 0.25) is 0 Å². The Labute approximate surface area is 132 Å². The van der Waals surface area contributed by atoms with Crippen molar-refractivity contribution >= 4 is 11.0 Å². The third kappa shape index (κ3) is 2.92. The summed E-state index contributed by atoms with van der Waals surface area (Å²) in [6, 6.07) is 19.5. The van der Waals surface area contributed by atoms with E-state index in [0.717, 1.165) is 11.9 Å². The van der Waals surface area contributed by atoms with Crippen molar-refractivity contribution in [1.29, 1.82) is 0 Å².